The van der Waals surface area contributed by atoms with Crippen molar-refractivity contribution in [2.24, 2.45) is 0 Å². The zero-order chi connectivity index (χ0) is 24.8. The second kappa shape index (κ2) is 9.32. The molecule has 0 radical (unpaired) electrons. The van der Waals surface area contributed by atoms with Gasteiger partial charge in [-0.05, 0) is 61.1 Å². The van der Waals surface area contributed by atoms with Gasteiger partial charge >= 0.3 is 0 Å². The maximum Gasteiger partial charge on any atom is 0.255 e. The van der Waals surface area contributed by atoms with Crippen molar-refractivity contribution in [2.75, 3.05) is 13.1 Å². The predicted molar refractivity (Wildman–Crippen MR) is 130 cm³/mol. The number of hydrogen-bond donors (Lipinski definition) is 1. The lowest BCUT2D eigenvalue weighted by Crippen LogP contribution is -2.57. The Hall–Kier alpha value is -3.26. The average Bonchev–Trinajstić information content (AvgIpc) is 3.16. The molecule has 4 aliphatic rings. The molecule has 1 unspecified atom stereocenters. The van der Waals surface area contributed by atoms with E-state index in [-0.39, 0.29) is 42.1 Å². The second-order valence-corrected chi connectivity index (χ2v) is 10.4. The lowest BCUT2D eigenvalue weighted by atomic mass is 9.84. The zero-order valence-electron chi connectivity index (χ0n) is 20.1. The number of piperidine rings is 1. The van der Waals surface area contributed by atoms with E-state index in [1.54, 1.807) is 17.0 Å². The average molecular weight is 492 g/mol. The van der Waals surface area contributed by atoms with Crippen molar-refractivity contribution in [1.82, 2.24) is 15.1 Å². The van der Waals surface area contributed by atoms with E-state index < -0.39 is 11.9 Å². The Balaban J connectivity index is 1.12. The minimum atomic E-state index is -0.622. The largest absolute Gasteiger partial charge is 0.489 e. The summed E-state index contributed by atoms with van der Waals surface area (Å²) in [6, 6.07) is 12.3. The summed E-state index contributed by atoms with van der Waals surface area (Å²) >= 11 is 0. The van der Waals surface area contributed by atoms with Gasteiger partial charge in [0.1, 0.15) is 23.7 Å². The van der Waals surface area contributed by atoms with Gasteiger partial charge in [0.2, 0.25) is 11.8 Å². The third-order valence-corrected chi connectivity index (χ3v) is 8.17. The van der Waals surface area contributed by atoms with Crippen molar-refractivity contribution in [1.29, 1.82) is 0 Å². The van der Waals surface area contributed by atoms with E-state index in [9.17, 15) is 18.8 Å². The number of nitrogens with zero attached hydrogens (tertiary/aromatic N) is 2. The van der Waals surface area contributed by atoms with Crippen molar-refractivity contribution >= 4 is 17.7 Å². The summed E-state index contributed by atoms with van der Waals surface area (Å²) in [6.45, 7) is 2.01. The third kappa shape index (κ3) is 4.17. The smallest absolute Gasteiger partial charge is 0.255 e. The fourth-order valence-corrected chi connectivity index (χ4v) is 6.22. The van der Waals surface area contributed by atoms with Crippen LogP contribution in [0.1, 0.15) is 65.9 Å². The van der Waals surface area contributed by atoms with E-state index in [4.69, 9.17) is 4.74 Å². The number of fused-ring (bicyclic) bond motifs is 1. The van der Waals surface area contributed by atoms with Crippen LogP contribution >= 0.6 is 0 Å². The van der Waals surface area contributed by atoms with E-state index in [2.05, 4.69) is 10.2 Å². The molecule has 2 aromatic rings. The van der Waals surface area contributed by atoms with Crippen LogP contribution < -0.4 is 10.1 Å². The Labute approximate surface area is 209 Å². The molecule has 8 heteroatoms. The van der Waals surface area contributed by atoms with Crippen LogP contribution in [-0.4, -0.2) is 58.8 Å². The highest BCUT2D eigenvalue weighted by Gasteiger charge is 2.41. The molecule has 3 amide bonds. The molecule has 1 N–H and O–H groups in total. The molecule has 6 rings (SSSR count). The van der Waals surface area contributed by atoms with Crippen LogP contribution in [0.4, 0.5) is 4.39 Å². The summed E-state index contributed by atoms with van der Waals surface area (Å²) in [7, 11) is 0. The van der Waals surface area contributed by atoms with Gasteiger partial charge in [-0.25, -0.2) is 4.39 Å². The maximum absolute atomic E-state index is 14.2. The van der Waals surface area contributed by atoms with E-state index >= 15 is 0 Å². The van der Waals surface area contributed by atoms with E-state index in [1.165, 1.54) is 6.07 Å². The van der Waals surface area contributed by atoms with Crippen molar-refractivity contribution in [3.8, 4) is 5.75 Å². The number of halogens is 1. The molecule has 7 nitrogen and oxygen atoms in total. The van der Waals surface area contributed by atoms with Crippen LogP contribution in [0.3, 0.4) is 0 Å². The Kier molecular flexibility index (Phi) is 5.99. The van der Waals surface area contributed by atoms with Gasteiger partial charge < -0.3 is 9.64 Å². The van der Waals surface area contributed by atoms with Crippen molar-refractivity contribution < 1.29 is 23.5 Å². The van der Waals surface area contributed by atoms with Crippen LogP contribution in [0.25, 0.3) is 0 Å². The molecular formula is C28H30FN3O4. The van der Waals surface area contributed by atoms with E-state index in [0.717, 1.165) is 55.6 Å². The predicted octanol–water partition coefficient (Wildman–Crippen LogP) is 3.38. The molecule has 3 atom stereocenters. The molecule has 0 spiro atoms. The van der Waals surface area contributed by atoms with Gasteiger partial charge in [0.05, 0.1) is 0 Å². The fourth-order valence-electron chi connectivity index (χ4n) is 6.22. The topological polar surface area (TPSA) is 79.0 Å². The van der Waals surface area contributed by atoms with Crippen molar-refractivity contribution in [2.45, 2.75) is 69.2 Å². The second-order valence-electron chi connectivity index (χ2n) is 10.4. The van der Waals surface area contributed by atoms with Crippen LogP contribution in [-0.2, 0) is 16.1 Å². The Morgan fingerprint density at radius 3 is 2.58 bits per heavy atom. The summed E-state index contributed by atoms with van der Waals surface area (Å²) in [6.07, 6.45) is 4.92. The normalized spacial score (nSPS) is 27.0. The first-order chi connectivity index (χ1) is 17.5. The number of hydrogen-bond acceptors (Lipinski definition) is 5. The van der Waals surface area contributed by atoms with Gasteiger partial charge in [-0.15, -0.1) is 0 Å². The summed E-state index contributed by atoms with van der Waals surface area (Å²) in [5, 5.41) is 2.34. The summed E-state index contributed by atoms with van der Waals surface area (Å²) in [5.41, 5.74) is 2.23. The molecule has 1 aliphatic carbocycles. The van der Waals surface area contributed by atoms with Gasteiger partial charge in [0.15, 0.2) is 0 Å². The summed E-state index contributed by atoms with van der Waals surface area (Å²) in [4.78, 5) is 40.8. The lowest BCUT2D eigenvalue weighted by molar-refractivity contribution is -0.136. The Morgan fingerprint density at radius 1 is 0.972 bits per heavy atom. The summed E-state index contributed by atoms with van der Waals surface area (Å²) in [5.74, 6) is -0.0514. The molecular weight excluding hydrogens is 461 g/mol. The number of imide groups is 1. The number of ether oxygens (including phenoxy) is 1. The highest BCUT2D eigenvalue weighted by molar-refractivity contribution is 6.05. The van der Waals surface area contributed by atoms with Gasteiger partial charge in [0.25, 0.3) is 5.91 Å². The van der Waals surface area contributed by atoms with Crippen LogP contribution in [0.5, 0.6) is 5.75 Å². The number of amides is 3. The minimum Gasteiger partial charge on any atom is -0.489 e. The monoisotopic (exact) mass is 491 g/mol. The van der Waals surface area contributed by atoms with Crippen molar-refractivity contribution in [3.63, 3.8) is 0 Å². The quantitative estimate of drug-likeness (QED) is 0.649. The number of rotatable bonds is 5. The molecule has 36 heavy (non-hydrogen) atoms. The maximum atomic E-state index is 14.2. The molecule has 1 saturated carbocycles. The number of carbonyl (C=O) groups is 3. The first kappa shape index (κ1) is 23.2. The van der Waals surface area contributed by atoms with Gasteiger partial charge in [-0.1, -0.05) is 24.6 Å². The van der Waals surface area contributed by atoms with Gasteiger partial charge in [-0.2, -0.15) is 0 Å². The fraction of sp³-hybridized carbons (Fsp3) is 0.464. The van der Waals surface area contributed by atoms with E-state index in [1.807, 2.05) is 24.3 Å². The first-order valence-electron chi connectivity index (χ1n) is 12.9. The van der Waals surface area contributed by atoms with Gasteiger partial charge in [0, 0.05) is 43.6 Å². The number of likely N-dealkylation sites (tertiary alicyclic amines) is 1. The van der Waals surface area contributed by atoms with Crippen molar-refractivity contribution in [3.05, 3.63) is 65.0 Å². The Bertz CT molecular complexity index is 1210. The molecule has 0 aromatic heterocycles. The van der Waals surface area contributed by atoms with Crippen LogP contribution in [0, 0.1) is 5.82 Å². The first-order valence-corrected chi connectivity index (χ1v) is 12.9. The van der Waals surface area contributed by atoms with Crippen LogP contribution in [0.15, 0.2) is 42.5 Å². The molecule has 2 saturated heterocycles. The number of benzene rings is 2. The third-order valence-electron chi connectivity index (χ3n) is 8.17. The SMILES string of the molecule is O=C1CCC(N2Cc3cc(O[C@@H]4CCCC[C@@H]4N4CC(c5ccccc5F)C4)ccc3C2=O)C(=O)N1. The highest BCUT2D eigenvalue weighted by Crippen LogP contribution is 2.37. The summed E-state index contributed by atoms with van der Waals surface area (Å²) < 4.78 is 20.7. The van der Waals surface area contributed by atoms with Gasteiger partial charge in [-0.3, -0.25) is 24.6 Å². The zero-order valence-corrected chi connectivity index (χ0v) is 20.1. The number of carbonyl (C=O) groups excluding carboxylic acids is 3. The lowest BCUT2D eigenvalue weighted by Gasteiger charge is -2.48. The molecule has 3 heterocycles. The Morgan fingerprint density at radius 2 is 1.78 bits per heavy atom. The molecule has 0 bridgehead atoms. The number of nitrogens with one attached hydrogen (secondary N) is 1. The molecule has 3 fully saturated rings. The molecule has 188 valence electrons. The highest BCUT2D eigenvalue weighted by atomic mass is 19.1. The van der Waals surface area contributed by atoms with Crippen LogP contribution in [0.2, 0.25) is 0 Å². The standard InChI is InChI=1S/C28H30FN3O4/c29-22-6-2-1-5-20(22)18-14-31(15-18)23-7-3-4-8-25(23)36-19-9-10-21-17(13-19)16-32(28(21)35)24-11-12-26(33)30-27(24)34/h1-2,5-6,9-10,13,18,23-25H,3-4,7-8,11-12,14-16H2,(H,30,33,34)/t23-,24?,25+/m0/s1. The molecule has 2 aromatic carbocycles. The van der Waals surface area contributed by atoms with E-state index in [0.29, 0.717) is 18.5 Å². The molecule has 3 aliphatic heterocycles. The minimum absolute atomic E-state index is 0.0433.